The summed E-state index contributed by atoms with van der Waals surface area (Å²) in [5, 5.41) is 12.4. The minimum Gasteiger partial charge on any atom is -0.309 e. The molecule has 0 bridgehead atoms. The summed E-state index contributed by atoms with van der Waals surface area (Å²) < 4.78 is 2.49. The van der Waals surface area contributed by atoms with Crippen LogP contribution in [0.3, 0.4) is 0 Å². The van der Waals surface area contributed by atoms with Crippen LogP contribution in [0.15, 0.2) is 273 Å². The first-order valence-electron chi connectivity index (χ1n) is 24.6. The topological polar surface area (TPSA) is 4.93 Å². The highest BCUT2D eigenvalue weighted by atomic mass is 15.0. The predicted molar refractivity (Wildman–Crippen MR) is 303 cm³/mol. The lowest BCUT2D eigenvalue weighted by molar-refractivity contribution is 1.18. The Morgan fingerprint density at radius 2 is 0.479 bits per heavy atom. The van der Waals surface area contributed by atoms with Gasteiger partial charge in [-0.2, -0.15) is 0 Å². The second-order valence-corrected chi connectivity index (χ2v) is 18.8. The molecular weight excluding hydrogens is 855 g/mol. The Balaban J connectivity index is 0.966. The molecule has 0 aliphatic heterocycles. The third kappa shape index (κ3) is 7.01. The molecule has 0 spiro atoms. The van der Waals surface area contributed by atoms with Gasteiger partial charge in [-0.05, 0) is 152 Å². The molecule has 14 aromatic rings. The van der Waals surface area contributed by atoms with E-state index in [9.17, 15) is 0 Å². The van der Waals surface area contributed by atoms with Gasteiger partial charge in [-0.1, -0.05) is 231 Å². The van der Waals surface area contributed by atoms with Gasteiger partial charge in [0.1, 0.15) is 0 Å². The molecule has 0 aliphatic rings. The average molecular weight is 900 g/mol. The van der Waals surface area contributed by atoms with E-state index in [1.165, 1.54) is 132 Å². The highest BCUT2D eigenvalue weighted by Crippen LogP contribution is 2.42. The van der Waals surface area contributed by atoms with E-state index >= 15 is 0 Å². The number of fused-ring (bicyclic) bond motifs is 7. The van der Waals surface area contributed by atoms with Crippen LogP contribution >= 0.6 is 0 Å². The fourth-order valence-corrected chi connectivity index (χ4v) is 11.3. The maximum atomic E-state index is 2.49. The monoisotopic (exact) mass is 899 g/mol. The molecule has 0 radical (unpaired) electrons. The maximum absolute atomic E-state index is 2.49. The van der Waals surface area contributed by atoms with E-state index in [0.717, 1.165) is 5.69 Å². The predicted octanol–water partition coefficient (Wildman–Crippen LogP) is 19.4. The summed E-state index contributed by atoms with van der Waals surface area (Å²) >= 11 is 0. The third-order valence-corrected chi connectivity index (χ3v) is 14.8. The van der Waals surface area contributed by atoms with Crippen LogP contribution in [-0.2, 0) is 0 Å². The van der Waals surface area contributed by atoms with E-state index in [2.05, 4.69) is 278 Å². The Kier molecular flexibility index (Phi) is 9.60. The molecule has 1 heterocycles. The largest absolute Gasteiger partial charge is 0.309 e. The normalized spacial score (nSPS) is 11.7. The first-order valence-corrected chi connectivity index (χ1v) is 24.6. The van der Waals surface area contributed by atoms with E-state index in [0.29, 0.717) is 0 Å². The molecule has 71 heavy (non-hydrogen) atoms. The highest BCUT2D eigenvalue weighted by Gasteiger charge is 2.19. The molecule has 1 nitrogen and oxygen atoms in total. The number of hydrogen-bond acceptors (Lipinski definition) is 0. The molecule has 0 unspecified atom stereocenters. The molecule has 0 N–H and O–H groups in total. The summed E-state index contributed by atoms with van der Waals surface area (Å²) in [6, 6.07) is 101. The average Bonchev–Trinajstić information content (AvgIpc) is 3.77. The number of rotatable bonds is 7. The Labute approximate surface area is 412 Å². The van der Waals surface area contributed by atoms with E-state index in [4.69, 9.17) is 0 Å². The second kappa shape index (κ2) is 16.7. The number of nitrogens with zero attached hydrogens (tertiary/aromatic N) is 1. The van der Waals surface area contributed by atoms with Gasteiger partial charge in [0.2, 0.25) is 0 Å². The highest BCUT2D eigenvalue weighted by molar-refractivity contribution is 6.12. The lowest BCUT2D eigenvalue weighted by Gasteiger charge is -2.16. The van der Waals surface area contributed by atoms with Gasteiger partial charge >= 0.3 is 0 Å². The Bertz CT molecular complexity index is 4080. The lowest BCUT2D eigenvalue weighted by atomic mass is 9.92. The van der Waals surface area contributed by atoms with Crippen molar-refractivity contribution in [2.24, 2.45) is 0 Å². The molecule has 330 valence electrons. The van der Waals surface area contributed by atoms with Crippen molar-refractivity contribution in [3.8, 4) is 72.4 Å². The number of benzene rings is 13. The molecule has 0 atom stereocenters. The molecule has 1 heteroatoms. The van der Waals surface area contributed by atoms with Gasteiger partial charge in [0.05, 0.1) is 11.0 Å². The standard InChI is InChI=1S/C70H45N/c1-5-21-59-48(13-1)17-9-25-63(59)52-33-29-46(30-34-52)54-37-39-69-67(44-54)68-45-55(47-31-35-53(36-32-47)64-26-10-18-49-14-2-6-22-60(49)64)38-40-70(68)71(69)58-42-56(65-27-11-19-50-15-3-7-23-61(50)65)41-57(43-58)66-28-12-20-51-16-4-8-24-62(51)66/h1-45H. The second-order valence-electron chi connectivity index (χ2n) is 18.8. The van der Waals surface area contributed by atoms with Crippen molar-refractivity contribution in [1.82, 2.24) is 4.57 Å². The van der Waals surface area contributed by atoms with Crippen molar-refractivity contribution in [3.05, 3.63) is 273 Å². The first kappa shape index (κ1) is 40.7. The van der Waals surface area contributed by atoms with Crippen LogP contribution in [0.2, 0.25) is 0 Å². The van der Waals surface area contributed by atoms with Gasteiger partial charge in [0, 0.05) is 16.5 Å². The smallest absolute Gasteiger partial charge is 0.0541 e. The molecule has 0 fully saturated rings. The summed E-state index contributed by atoms with van der Waals surface area (Å²) in [6.45, 7) is 0. The SMILES string of the molecule is c1ccc2c(-c3ccc(-c4ccc5c(c4)c4cc(-c6ccc(-c7cccc8ccccc78)cc6)ccc4n5-c4cc(-c5cccc6ccccc56)cc(-c5cccc6ccccc56)c4)cc3)cccc2c1. The van der Waals surface area contributed by atoms with Crippen molar-refractivity contribution in [1.29, 1.82) is 0 Å². The fraction of sp³-hybridized carbons (Fsp3) is 0. The van der Waals surface area contributed by atoms with Gasteiger partial charge in [-0.25, -0.2) is 0 Å². The Morgan fingerprint density at radius 1 is 0.183 bits per heavy atom. The van der Waals surface area contributed by atoms with Crippen LogP contribution in [0.5, 0.6) is 0 Å². The van der Waals surface area contributed by atoms with Crippen LogP contribution in [0.25, 0.3) is 137 Å². The van der Waals surface area contributed by atoms with Crippen LogP contribution in [0, 0.1) is 0 Å². The van der Waals surface area contributed by atoms with Crippen LogP contribution in [0.4, 0.5) is 0 Å². The lowest BCUT2D eigenvalue weighted by Crippen LogP contribution is -1.96. The zero-order valence-electron chi connectivity index (χ0n) is 38.9. The van der Waals surface area contributed by atoms with E-state index in [1.54, 1.807) is 0 Å². The first-order chi connectivity index (χ1) is 35.2. The molecule has 0 saturated heterocycles. The maximum Gasteiger partial charge on any atom is 0.0541 e. The van der Waals surface area contributed by atoms with Crippen molar-refractivity contribution < 1.29 is 0 Å². The summed E-state index contributed by atoms with van der Waals surface area (Å²) in [7, 11) is 0. The van der Waals surface area contributed by atoms with Crippen LogP contribution in [0.1, 0.15) is 0 Å². The fourth-order valence-electron chi connectivity index (χ4n) is 11.3. The minimum absolute atomic E-state index is 1.12. The Morgan fingerprint density at radius 3 is 0.845 bits per heavy atom. The van der Waals surface area contributed by atoms with Crippen molar-refractivity contribution in [2.45, 2.75) is 0 Å². The summed E-state index contributed by atoms with van der Waals surface area (Å²) in [4.78, 5) is 0. The van der Waals surface area contributed by atoms with Gasteiger partial charge < -0.3 is 4.57 Å². The molecular formula is C70H45N. The summed E-state index contributed by atoms with van der Waals surface area (Å²) in [5.41, 5.74) is 17.9. The van der Waals surface area contributed by atoms with Gasteiger partial charge in [-0.15, -0.1) is 0 Å². The molecule has 14 rings (SSSR count). The number of aromatic nitrogens is 1. The summed E-state index contributed by atoms with van der Waals surface area (Å²) in [5.74, 6) is 0. The van der Waals surface area contributed by atoms with E-state index in [1.807, 2.05) is 0 Å². The molecule has 0 amide bonds. The van der Waals surface area contributed by atoms with Crippen molar-refractivity contribution >= 4 is 64.9 Å². The zero-order valence-corrected chi connectivity index (χ0v) is 38.9. The van der Waals surface area contributed by atoms with Crippen LogP contribution < -0.4 is 0 Å². The molecule has 0 saturated carbocycles. The third-order valence-electron chi connectivity index (χ3n) is 14.8. The zero-order chi connectivity index (χ0) is 46.8. The quantitative estimate of drug-likeness (QED) is 0.150. The van der Waals surface area contributed by atoms with Crippen molar-refractivity contribution in [3.63, 3.8) is 0 Å². The van der Waals surface area contributed by atoms with Gasteiger partial charge in [-0.3, -0.25) is 0 Å². The van der Waals surface area contributed by atoms with E-state index in [-0.39, 0.29) is 0 Å². The molecule has 0 aliphatic carbocycles. The van der Waals surface area contributed by atoms with Gasteiger partial charge in [0.25, 0.3) is 0 Å². The Hall–Kier alpha value is -9.30. The minimum atomic E-state index is 1.12. The van der Waals surface area contributed by atoms with Gasteiger partial charge in [0.15, 0.2) is 0 Å². The van der Waals surface area contributed by atoms with Crippen molar-refractivity contribution in [2.75, 3.05) is 0 Å². The number of hydrogen-bond donors (Lipinski definition) is 0. The molecule has 1 aromatic heterocycles. The summed E-state index contributed by atoms with van der Waals surface area (Å²) in [6.07, 6.45) is 0. The van der Waals surface area contributed by atoms with Crippen LogP contribution in [-0.4, -0.2) is 4.57 Å². The molecule has 13 aromatic carbocycles. The van der Waals surface area contributed by atoms with E-state index < -0.39 is 0 Å².